The number of hydrazine groups is 1. The number of rotatable bonds is 2. The number of nitrogens with two attached hydrogens (primary N) is 1. The number of pyridine rings is 1. The topological polar surface area (TPSA) is 50.9 Å². The smallest absolute Gasteiger partial charge is 0.143 e. The quantitative estimate of drug-likeness (QED) is 0.637. The molecule has 0 aliphatic carbocycles. The van der Waals surface area contributed by atoms with Gasteiger partial charge in [-0.2, -0.15) is 0 Å². The molecule has 3 nitrogen and oxygen atoms in total. The molecule has 0 saturated carbocycles. The molecule has 0 bridgehead atoms. The molecule has 3 N–H and O–H groups in total. The molecule has 0 aliphatic rings. The fourth-order valence-electron chi connectivity index (χ4n) is 1.66. The third-order valence-corrected chi connectivity index (χ3v) is 2.91. The average Bonchev–Trinajstić information content (AvgIpc) is 2.29. The zero-order valence-corrected chi connectivity index (χ0v) is 10.3. The highest BCUT2D eigenvalue weighted by molar-refractivity contribution is 6.31. The maximum atomic E-state index is 13.4. The largest absolute Gasteiger partial charge is 0.323 e. The van der Waals surface area contributed by atoms with E-state index in [2.05, 4.69) is 10.4 Å². The van der Waals surface area contributed by atoms with Crippen LogP contribution in [0.3, 0.4) is 0 Å². The Labute approximate surface area is 104 Å². The number of nitrogens with zero attached hydrogens (tertiary/aromatic N) is 1. The number of halogens is 2. The maximum Gasteiger partial charge on any atom is 0.143 e. The number of benzene rings is 1. The molecule has 0 spiro atoms. The van der Waals surface area contributed by atoms with Crippen molar-refractivity contribution < 1.29 is 4.39 Å². The molecule has 1 aromatic carbocycles. The number of fused-ring (bicyclic) bond motifs is 1. The Morgan fingerprint density at radius 3 is 2.65 bits per heavy atom. The highest BCUT2D eigenvalue weighted by Crippen LogP contribution is 2.29. The first kappa shape index (κ1) is 12.1. The van der Waals surface area contributed by atoms with Crippen LogP contribution in [0, 0.1) is 5.82 Å². The van der Waals surface area contributed by atoms with Crippen molar-refractivity contribution in [1.29, 1.82) is 0 Å². The van der Waals surface area contributed by atoms with Crippen molar-refractivity contribution in [2.45, 2.75) is 19.8 Å². The third kappa shape index (κ3) is 2.18. The molecule has 1 aromatic heterocycles. The van der Waals surface area contributed by atoms with Gasteiger partial charge in [0.05, 0.1) is 16.2 Å². The van der Waals surface area contributed by atoms with Gasteiger partial charge in [-0.05, 0) is 18.1 Å². The van der Waals surface area contributed by atoms with E-state index in [-0.39, 0.29) is 10.9 Å². The van der Waals surface area contributed by atoms with Gasteiger partial charge in [0.15, 0.2) is 0 Å². The number of aromatic nitrogens is 1. The van der Waals surface area contributed by atoms with Crippen LogP contribution >= 0.6 is 11.6 Å². The lowest BCUT2D eigenvalue weighted by atomic mass is 10.1. The van der Waals surface area contributed by atoms with E-state index in [1.807, 2.05) is 19.9 Å². The normalized spacial score (nSPS) is 11.2. The third-order valence-electron chi connectivity index (χ3n) is 2.62. The zero-order chi connectivity index (χ0) is 12.6. The zero-order valence-electron chi connectivity index (χ0n) is 9.59. The Morgan fingerprint density at radius 1 is 1.35 bits per heavy atom. The van der Waals surface area contributed by atoms with E-state index in [4.69, 9.17) is 17.4 Å². The van der Waals surface area contributed by atoms with Gasteiger partial charge < -0.3 is 5.43 Å². The van der Waals surface area contributed by atoms with Crippen LogP contribution in [-0.2, 0) is 0 Å². The van der Waals surface area contributed by atoms with E-state index >= 15 is 0 Å². The Bertz CT molecular complexity index is 569. The van der Waals surface area contributed by atoms with Gasteiger partial charge in [0.1, 0.15) is 5.82 Å². The highest BCUT2D eigenvalue weighted by atomic mass is 35.5. The summed E-state index contributed by atoms with van der Waals surface area (Å²) < 4.78 is 13.4. The van der Waals surface area contributed by atoms with Gasteiger partial charge in [-0.15, -0.1) is 0 Å². The molecular formula is C12H13ClFN3. The van der Waals surface area contributed by atoms with Crippen LogP contribution in [0.2, 0.25) is 5.02 Å². The summed E-state index contributed by atoms with van der Waals surface area (Å²) in [5, 5.41) is 0.774. The molecule has 5 heteroatoms. The Kier molecular flexibility index (Phi) is 3.17. The van der Waals surface area contributed by atoms with Crippen molar-refractivity contribution in [2.24, 2.45) is 5.84 Å². The van der Waals surface area contributed by atoms with Gasteiger partial charge in [-0.3, -0.25) is 10.8 Å². The first-order chi connectivity index (χ1) is 8.02. The van der Waals surface area contributed by atoms with E-state index in [1.54, 1.807) is 0 Å². The molecule has 0 fully saturated rings. The van der Waals surface area contributed by atoms with E-state index in [0.717, 1.165) is 5.69 Å². The predicted octanol–water partition coefficient (Wildman–Crippen LogP) is 3.44. The fourth-order valence-corrected chi connectivity index (χ4v) is 1.82. The Balaban J connectivity index is 2.78. The standard InChI is InChI=1S/C12H13ClFN3/c1-6(2)10-5-12(17-15)7-3-8(13)9(14)4-11(7)16-10/h3-6H,15H2,1-2H3,(H,16,17). The summed E-state index contributed by atoms with van der Waals surface area (Å²) in [6.07, 6.45) is 0. The predicted molar refractivity (Wildman–Crippen MR) is 68.6 cm³/mol. The maximum absolute atomic E-state index is 13.4. The Morgan fingerprint density at radius 2 is 2.06 bits per heavy atom. The number of nitrogens with one attached hydrogen (secondary N) is 1. The fraction of sp³-hybridized carbons (Fsp3) is 0.250. The van der Waals surface area contributed by atoms with Crippen LogP contribution in [0.1, 0.15) is 25.5 Å². The van der Waals surface area contributed by atoms with Crippen LogP contribution in [0.15, 0.2) is 18.2 Å². The summed E-state index contributed by atoms with van der Waals surface area (Å²) in [6, 6.07) is 4.70. The Hall–Kier alpha value is -1.39. The number of nitrogen functional groups attached to an aromatic ring is 1. The van der Waals surface area contributed by atoms with Crippen molar-refractivity contribution in [1.82, 2.24) is 4.98 Å². The molecule has 0 aliphatic heterocycles. The molecule has 0 saturated heterocycles. The minimum absolute atomic E-state index is 0.0631. The van der Waals surface area contributed by atoms with Gasteiger partial charge in [-0.25, -0.2) is 4.39 Å². The van der Waals surface area contributed by atoms with Crippen LogP contribution in [-0.4, -0.2) is 4.98 Å². The lowest BCUT2D eigenvalue weighted by Crippen LogP contribution is -2.09. The van der Waals surface area contributed by atoms with E-state index in [1.165, 1.54) is 12.1 Å². The van der Waals surface area contributed by atoms with Gasteiger partial charge in [0.2, 0.25) is 0 Å². The van der Waals surface area contributed by atoms with Gasteiger partial charge >= 0.3 is 0 Å². The minimum atomic E-state index is -0.476. The van der Waals surface area contributed by atoms with Crippen LogP contribution in [0.25, 0.3) is 10.9 Å². The molecule has 2 aromatic rings. The van der Waals surface area contributed by atoms with E-state index in [0.29, 0.717) is 16.6 Å². The molecule has 17 heavy (non-hydrogen) atoms. The first-order valence-corrected chi connectivity index (χ1v) is 5.67. The van der Waals surface area contributed by atoms with E-state index in [9.17, 15) is 4.39 Å². The number of hydrogen-bond donors (Lipinski definition) is 2. The van der Waals surface area contributed by atoms with Crippen molar-refractivity contribution >= 4 is 28.2 Å². The summed E-state index contributed by atoms with van der Waals surface area (Å²) in [5.41, 5.74) is 4.69. The van der Waals surface area contributed by atoms with Crippen LogP contribution in [0.5, 0.6) is 0 Å². The molecule has 0 atom stereocenters. The second-order valence-electron chi connectivity index (χ2n) is 4.18. The second kappa shape index (κ2) is 4.47. The van der Waals surface area contributed by atoms with Crippen LogP contribution < -0.4 is 11.3 Å². The summed E-state index contributed by atoms with van der Waals surface area (Å²) >= 11 is 5.75. The molecular weight excluding hydrogens is 241 g/mol. The highest BCUT2D eigenvalue weighted by Gasteiger charge is 2.10. The van der Waals surface area contributed by atoms with Crippen molar-refractivity contribution in [3.05, 3.63) is 34.7 Å². The summed E-state index contributed by atoms with van der Waals surface area (Å²) in [4.78, 5) is 4.39. The summed E-state index contributed by atoms with van der Waals surface area (Å²) in [6.45, 7) is 4.03. The molecule has 0 amide bonds. The van der Waals surface area contributed by atoms with Crippen molar-refractivity contribution in [2.75, 3.05) is 5.43 Å². The van der Waals surface area contributed by atoms with Gasteiger partial charge in [-0.1, -0.05) is 25.4 Å². The average molecular weight is 254 g/mol. The second-order valence-corrected chi connectivity index (χ2v) is 4.58. The molecule has 0 radical (unpaired) electrons. The molecule has 90 valence electrons. The van der Waals surface area contributed by atoms with Crippen LogP contribution in [0.4, 0.5) is 10.1 Å². The van der Waals surface area contributed by atoms with E-state index < -0.39 is 5.82 Å². The number of anilines is 1. The van der Waals surface area contributed by atoms with Crippen molar-refractivity contribution in [3.63, 3.8) is 0 Å². The SMILES string of the molecule is CC(C)c1cc(NN)c2cc(Cl)c(F)cc2n1. The summed E-state index contributed by atoms with van der Waals surface area (Å²) in [7, 11) is 0. The summed E-state index contributed by atoms with van der Waals surface area (Å²) in [5.74, 6) is 5.22. The molecule has 0 unspecified atom stereocenters. The molecule has 2 rings (SSSR count). The van der Waals surface area contributed by atoms with Gasteiger partial charge in [0.25, 0.3) is 0 Å². The molecule has 1 heterocycles. The monoisotopic (exact) mass is 253 g/mol. The first-order valence-electron chi connectivity index (χ1n) is 5.29. The van der Waals surface area contributed by atoms with Crippen molar-refractivity contribution in [3.8, 4) is 0 Å². The lowest BCUT2D eigenvalue weighted by Gasteiger charge is -2.11. The van der Waals surface area contributed by atoms with Gasteiger partial charge in [0, 0.05) is 17.1 Å². The minimum Gasteiger partial charge on any atom is -0.323 e. The number of hydrogen-bond acceptors (Lipinski definition) is 3. The lowest BCUT2D eigenvalue weighted by molar-refractivity contribution is 0.629.